The highest BCUT2D eigenvalue weighted by Crippen LogP contribution is 2.31. The van der Waals surface area contributed by atoms with Gasteiger partial charge >= 0.3 is 22.3 Å². The topological polar surface area (TPSA) is 84.9 Å². The van der Waals surface area contributed by atoms with Crippen molar-refractivity contribution in [2.45, 2.75) is 24.2 Å². The fourth-order valence-electron chi connectivity index (χ4n) is 3.21. The maximum absolute atomic E-state index is 12.9. The average molecular weight is 523 g/mol. The summed E-state index contributed by atoms with van der Waals surface area (Å²) in [4.78, 5) is 13.6. The van der Waals surface area contributed by atoms with Gasteiger partial charge in [-0.05, 0) is 41.5 Å². The lowest BCUT2D eigenvalue weighted by Crippen LogP contribution is -2.40. The Kier molecular flexibility index (Phi) is 8.94. The fraction of sp³-hybridized carbons (Fsp3) is 0.240. The summed E-state index contributed by atoms with van der Waals surface area (Å²) in [6.45, 7) is 1.20. The molecule has 7 nitrogen and oxygen atoms in total. The number of urea groups is 1. The van der Waals surface area contributed by atoms with Crippen LogP contribution in [0.15, 0.2) is 83.8 Å². The molecule has 0 spiro atoms. The predicted octanol–water partition coefficient (Wildman–Crippen LogP) is 4.83. The second-order valence-electron chi connectivity index (χ2n) is 7.77. The molecule has 0 aliphatic carbocycles. The van der Waals surface area contributed by atoms with Crippen molar-refractivity contribution in [2.24, 2.45) is 0 Å². The van der Waals surface area contributed by atoms with Crippen molar-refractivity contribution in [1.29, 1.82) is 0 Å². The summed E-state index contributed by atoms with van der Waals surface area (Å²) in [5.74, 6) is -0.0758. The minimum atomic E-state index is -4.69. The molecule has 0 bridgehead atoms. The number of halogens is 3. The average Bonchev–Trinajstić information content (AvgIpc) is 2.86. The molecular formula is C25H25F3N2O5S. The Bertz CT molecular complexity index is 1250. The molecule has 0 radical (unpaired) electrons. The number of benzene rings is 3. The molecule has 0 aromatic heterocycles. The van der Waals surface area contributed by atoms with Gasteiger partial charge in [0.15, 0.2) is 0 Å². The van der Waals surface area contributed by atoms with E-state index in [1.807, 2.05) is 30.3 Å². The maximum Gasteiger partial charge on any atom is 0.416 e. The monoisotopic (exact) mass is 522 g/mol. The van der Waals surface area contributed by atoms with Crippen LogP contribution in [-0.4, -0.2) is 39.6 Å². The largest absolute Gasteiger partial charge is 0.416 e. The van der Waals surface area contributed by atoms with Crippen LogP contribution in [0.3, 0.4) is 0 Å². The van der Waals surface area contributed by atoms with Crippen LogP contribution in [0, 0.1) is 0 Å². The molecule has 0 fully saturated rings. The van der Waals surface area contributed by atoms with Crippen molar-refractivity contribution in [3.63, 3.8) is 0 Å². The molecule has 3 aromatic rings. The highest BCUT2D eigenvalue weighted by molar-refractivity contribution is 7.87. The van der Waals surface area contributed by atoms with Crippen LogP contribution in [0.25, 0.3) is 0 Å². The van der Waals surface area contributed by atoms with Gasteiger partial charge in [0, 0.05) is 26.7 Å². The first kappa shape index (κ1) is 27.0. The number of rotatable bonds is 10. The Morgan fingerprint density at radius 1 is 0.944 bits per heavy atom. The number of hydrogen-bond donors (Lipinski definition) is 1. The van der Waals surface area contributed by atoms with Crippen LogP contribution in [0.4, 0.5) is 18.0 Å². The summed E-state index contributed by atoms with van der Waals surface area (Å²) >= 11 is 0. The zero-order chi connectivity index (χ0) is 26.2. The lowest BCUT2D eigenvalue weighted by atomic mass is 10.2. The predicted molar refractivity (Wildman–Crippen MR) is 127 cm³/mol. The van der Waals surface area contributed by atoms with Gasteiger partial charge in [-0.25, -0.2) is 4.79 Å². The number of hydrogen-bond acceptors (Lipinski definition) is 5. The molecular weight excluding hydrogens is 497 g/mol. The van der Waals surface area contributed by atoms with E-state index in [4.69, 9.17) is 8.92 Å². The fourth-order valence-corrected chi connectivity index (χ4v) is 4.19. The molecule has 0 atom stereocenters. The van der Waals surface area contributed by atoms with Crippen molar-refractivity contribution in [3.05, 3.63) is 95.6 Å². The zero-order valence-electron chi connectivity index (χ0n) is 19.4. The van der Waals surface area contributed by atoms with Crippen molar-refractivity contribution in [2.75, 3.05) is 20.3 Å². The van der Waals surface area contributed by atoms with E-state index in [0.717, 1.165) is 23.8 Å². The Labute approximate surface area is 207 Å². The van der Waals surface area contributed by atoms with Gasteiger partial charge in [0.1, 0.15) is 10.6 Å². The van der Waals surface area contributed by atoms with Crippen molar-refractivity contribution >= 4 is 16.1 Å². The van der Waals surface area contributed by atoms with E-state index in [1.54, 1.807) is 17.0 Å². The van der Waals surface area contributed by atoms with Crippen LogP contribution in [0.5, 0.6) is 5.75 Å². The Balaban J connectivity index is 1.66. The van der Waals surface area contributed by atoms with Gasteiger partial charge in [0.2, 0.25) is 0 Å². The van der Waals surface area contributed by atoms with Crippen LogP contribution in [-0.2, 0) is 34.1 Å². The van der Waals surface area contributed by atoms with Crippen LogP contribution in [0.2, 0.25) is 0 Å². The quantitative estimate of drug-likeness (QED) is 0.386. The zero-order valence-corrected chi connectivity index (χ0v) is 20.2. The van der Waals surface area contributed by atoms with E-state index in [-0.39, 0.29) is 18.3 Å². The number of nitrogens with zero attached hydrogens (tertiary/aromatic N) is 1. The molecule has 3 rings (SSSR count). The normalized spacial score (nSPS) is 11.7. The van der Waals surface area contributed by atoms with E-state index < -0.39 is 26.8 Å². The van der Waals surface area contributed by atoms with E-state index in [2.05, 4.69) is 5.32 Å². The highest BCUT2D eigenvalue weighted by Gasteiger charge is 2.32. The third-order valence-corrected chi connectivity index (χ3v) is 6.34. The lowest BCUT2D eigenvalue weighted by Gasteiger charge is -2.23. The van der Waals surface area contributed by atoms with Gasteiger partial charge in [-0.3, -0.25) is 0 Å². The van der Waals surface area contributed by atoms with Gasteiger partial charge < -0.3 is 19.1 Å². The molecule has 0 aliphatic heterocycles. The second-order valence-corrected chi connectivity index (χ2v) is 9.31. The number of carbonyl (C=O) groups excluding carboxylic acids is 1. The molecule has 192 valence electrons. The number of amides is 2. The van der Waals surface area contributed by atoms with Crippen molar-refractivity contribution < 1.29 is 35.3 Å². The van der Waals surface area contributed by atoms with Crippen LogP contribution in [0.1, 0.15) is 16.7 Å². The second kappa shape index (κ2) is 11.9. The molecule has 36 heavy (non-hydrogen) atoms. The third-order valence-electron chi connectivity index (χ3n) is 5.09. The Morgan fingerprint density at radius 3 is 2.28 bits per heavy atom. The Hall–Kier alpha value is -3.57. The molecule has 0 saturated carbocycles. The standard InChI is InChI=1S/C25H25F3N2O5S/c1-34-15-14-30(24(31)29-17-19-6-3-2-4-7-19)18-20-10-12-22(13-11-20)35-36(32,33)23-9-5-8-21(16-23)25(26,27)28/h2-13,16H,14-15,17-18H2,1H3,(H,29,31). The maximum atomic E-state index is 12.9. The summed E-state index contributed by atoms with van der Waals surface area (Å²) in [6.07, 6.45) is -4.69. The Morgan fingerprint density at radius 2 is 1.64 bits per heavy atom. The number of alkyl halides is 3. The minimum Gasteiger partial charge on any atom is -0.383 e. The summed E-state index contributed by atoms with van der Waals surface area (Å²) < 4.78 is 73.8. The van der Waals surface area contributed by atoms with Gasteiger partial charge in [-0.15, -0.1) is 0 Å². The van der Waals surface area contributed by atoms with Gasteiger partial charge in [0.25, 0.3) is 0 Å². The van der Waals surface area contributed by atoms with E-state index in [1.165, 1.54) is 19.2 Å². The molecule has 0 heterocycles. The first-order chi connectivity index (χ1) is 17.1. The van der Waals surface area contributed by atoms with Gasteiger partial charge in [-0.2, -0.15) is 21.6 Å². The summed E-state index contributed by atoms with van der Waals surface area (Å²) in [5, 5.41) is 2.85. The van der Waals surface area contributed by atoms with Crippen molar-refractivity contribution in [3.8, 4) is 5.75 Å². The summed E-state index contributed by atoms with van der Waals surface area (Å²) in [7, 11) is -2.96. The molecule has 3 aromatic carbocycles. The van der Waals surface area contributed by atoms with Gasteiger partial charge in [-0.1, -0.05) is 48.5 Å². The summed E-state index contributed by atoms with van der Waals surface area (Å²) in [5.41, 5.74) is 0.537. The van der Waals surface area contributed by atoms with Crippen LogP contribution < -0.4 is 9.50 Å². The lowest BCUT2D eigenvalue weighted by molar-refractivity contribution is -0.137. The SMILES string of the molecule is COCCN(Cc1ccc(OS(=O)(=O)c2cccc(C(F)(F)F)c2)cc1)C(=O)NCc1ccccc1. The molecule has 0 unspecified atom stereocenters. The molecule has 11 heteroatoms. The molecule has 1 N–H and O–H groups in total. The number of carbonyl (C=O) groups is 1. The van der Waals surface area contributed by atoms with E-state index in [9.17, 15) is 26.4 Å². The third kappa shape index (κ3) is 7.72. The number of methoxy groups -OCH3 is 1. The first-order valence-electron chi connectivity index (χ1n) is 10.8. The number of nitrogens with one attached hydrogen (secondary N) is 1. The molecule has 0 aliphatic rings. The number of ether oxygens (including phenoxy) is 1. The van der Waals surface area contributed by atoms with E-state index in [0.29, 0.717) is 31.3 Å². The van der Waals surface area contributed by atoms with Crippen LogP contribution >= 0.6 is 0 Å². The highest BCUT2D eigenvalue weighted by atomic mass is 32.2. The van der Waals surface area contributed by atoms with E-state index >= 15 is 0 Å². The molecule has 0 saturated heterocycles. The first-order valence-corrected chi connectivity index (χ1v) is 12.3. The van der Waals surface area contributed by atoms with Crippen molar-refractivity contribution in [1.82, 2.24) is 10.2 Å². The minimum absolute atomic E-state index is 0.0758. The molecule has 2 amide bonds. The summed E-state index contributed by atoms with van der Waals surface area (Å²) in [6, 6.07) is 18.3. The smallest absolute Gasteiger partial charge is 0.383 e. The van der Waals surface area contributed by atoms with Gasteiger partial charge in [0.05, 0.1) is 12.2 Å².